The minimum Gasteiger partial charge on any atom is -0.443 e. The molecule has 8 nitrogen and oxygen atoms in total. The molecule has 1 unspecified atom stereocenters. The number of nitrogens with zero attached hydrogens (tertiary/aromatic N) is 1. The van der Waals surface area contributed by atoms with Crippen molar-refractivity contribution in [2.45, 2.75) is 111 Å². The number of unbranched alkanes of at least 4 members (excludes halogenated alkanes) is 5. The van der Waals surface area contributed by atoms with E-state index in [1.165, 1.54) is 0 Å². The average Bonchev–Trinajstić information content (AvgIpc) is 2.84. The highest BCUT2D eigenvalue weighted by Crippen LogP contribution is 2.28. The molecule has 0 aliphatic rings. The lowest BCUT2D eigenvalue weighted by Crippen LogP contribution is -2.50. The van der Waals surface area contributed by atoms with Gasteiger partial charge in [0.05, 0.1) is 5.69 Å². The molecule has 1 atom stereocenters. The number of hydrogen-bond acceptors (Lipinski definition) is 6. The van der Waals surface area contributed by atoms with Gasteiger partial charge in [-0.25, -0.2) is 14.4 Å². The highest BCUT2D eigenvalue weighted by Gasteiger charge is 2.38. The van der Waals surface area contributed by atoms with Crippen LogP contribution < -0.4 is 5.32 Å². The van der Waals surface area contributed by atoms with Gasteiger partial charge in [-0.1, -0.05) is 87.6 Å². The number of benzene rings is 2. The van der Waals surface area contributed by atoms with Gasteiger partial charge in [0.2, 0.25) is 0 Å². The van der Waals surface area contributed by atoms with Crippen LogP contribution in [0, 0.1) is 0 Å². The van der Waals surface area contributed by atoms with Crippen molar-refractivity contribution in [3.8, 4) is 11.1 Å². The smallest absolute Gasteiger partial charge is 0.422 e. The Morgan fingerprint density at radius 1 is 0.750 bits per heavy atom. The molecule has 0 bridgehead atoms. The van der Waals surface area contributed by atoms with Crippen LogP contribution in [0.25, 0.3) is 11.1 Å². The molecule has 0 spiro atoms. The molecule has 0 saturated carbocycles. The molecule has 2 aromatic rings. The molecule has 0 aliphatic heterocycles. The van der Waals surface area contributed by atoms with Gasteiger partial charge in [-0.05, 0) is 59.6 Å². The molecule has 0 radical (unpaired) electrons. The van der Waals surface area contributed by atoms with Crippen LogP contribution in [0.4, 0.5) is 20.1 Å². The molecule has 0 saturated heterocycles. The Bertz CT molecular complexity index is 1060. The summed E-state index contributed by atoms with van der Waals surface area (Å²) >= 11 is 0. The monoisotopic (exact) mass is 554 g/mol. The molecule has 40 heavy (non-hydrogen) atoms. The van der Waals surface area contributed by atoms with E-state index in [2.05, 4.69) is 12.2 Å². The van der Waals surface area contributed by atoms with Crippen LogP contribution >= 0.6 is 0 Å². The van der Waals surface area contributed by atoms with Gasteiger partial charge in [-0.15, -0.1) is 0 Å². The zero-order chi connectivity index (χ0) is 29.8. The normalized spacial score (nSPS) is 12.3. The Morgan fingerprint density at radius 2 is 1.27 bits per heavy atom. The first kappa shape index (κ1) is 32.7. The van der Waals surface area contributed by atoms with Crippen molar-refractivity contribution in [3.05, 3.63) is 54.6 Å². The maximum Gasteiger partial charge on any atom is 0.422 e. The van der Waals surface area contributed by atoms with E-state index < -0.39 is 35.7 Å². The predicted octanol–water partition coefficient (Wildman–Crippen LogP) is 9.15. The summed E-state index contributed by atoms with van der Waals surface area (Å²) in [5, 5.41) is 2.79. The lowest BCUT2D eigenvalue weighted by Gasteiger charge is -2.33. The second kappa shape index (κ2) is 15.3. The maximum absolute atomic E-state index is 13.3. The van der Waals surface area contributed by atoms with E-state index in [1.807, 2.05) is 48.5 Å². The molecule has 220 valence electrons. The maximum atomic E-state index is 13.3. The summed E-state index contributed by atoms with van der Waals surface area (Å²) in [5.41, 5.74) is 0.519. The standard InChI is InChI=1S/C32H46N2O6/c1-8-9-10-11-12-16-23-27(34(29(36)39-31(2,3)4)30(37)40-32(5,6)7)38-28(35)33-26-22-18-17-21-25(26)24-19-14-13-15-20-24/h13-15,17-22,27H,8-12,16,23H2,1-7H3,(H,33,35). The van der Waals surface area contributed by atoms with E-state index in [9.17, 15) is 14.4 Å². The average molecular weight is 555 g/mol. The Hall–Kier alpha value is -3.55. The molecule has 1 N–H and O–H groups in total. The SMILES string of the molecule is CCCCCCCCC(OC(=O)Nc1ccccc1-c1ccccc1)N(C(=O)OC(C)(C)C)C(=O)OC(C)(C)C. The summed E-state index contributed by atoms with van der Waals surface area (Å²) in [6.07, 6.45) is 2.25. The van der Waals surface area contributed by atoms with E-state index in [1.54, 1.807) is 47.6 Å². The third-order valence-corrected chi connectivity index (χ3v) is 5.76. The Kier molecular flexibility index (Phi) is 12.5. The van der Waals surface area contributed by atoms with Gasteiger partial charge >= 0.3 is 18.3 Å². The first-order valence-corrected chi connectivity index (χ1v) is 14.2. The van der Waals surface area contributed by atoms with Gasteiger partial charge in [-0.3, -0.25) is 5.32 Å². The third kappa shape index (κ3) is 11.7. The van der Waals surface area contributed by atoms with E-state index in [4.69, 9.17) is 14.2 Å². The third-order valence-electron chi connectivity index (χ3n) is 5.76. The van der Waals surface area contributed by atoms with Crippen molar-refractivity contribution in [1.82, 2.24) is 4.90 Å². The summed E-state index contributed by atoms with van der Waals surface area (Å²) in [6, 6.07) is 17.0. The van der Waals surface area contributed by atoms with Crippen molar-refractivity contribution >= 4 is 24.0 Å². The van der Waals surface area contributed by atoms with Gasteiger partial charge in [-0.2, -0.15) is 4.90 Å². The number of imide groups is 1. The van der Waals surface area contributed by atoms with Crippen molar-refractivity contribution in [2.24, 2.45) is 0 Å². The number of carbonyl (C=O) groups excluding carboxylic acids is 3. The lowest BCUT2D eigenvalue weighted by molar-refractivity contribution is -0.0486. The molecule has 2 aromatic carbocycles. The Labute approximate surface area is 239 Å². The summed E-state index contributed by atoms with van der Waals surface area (Å²) in [4.78, 5) is 40.6. The largest absolute Gasteiger partial charge is 0.443 e. The van der Waals surface area contributed by atoms with Crippen molar-refractivity contribution in [3.63, 3.8) is 0 Å². The van der Waals surface area contributed by atoms with Crippen molar-refractivity contribution in [2.75, 3.05) is 5.32 Å². The highest BCUT2D eigenvalue weighted by molar-refractivity contribution is 5.92. The Morgan fingerprint density at radius 3 is 1.85 bits per heavy atom. The van der Waals surface area contributed by atoms with Gasteiger partial charge in [0.25, 0.3) is 0 Å². The topological polar surface area (TPSA) is 94.2 Å². The number of carbonyl (C=O) groups is 3. The van der Waals surface area contributed by atoms with E-state index in [0.717, 1.165) is 48.1 Å². The second-order valence-corrected chi connectivity index (χ2v) is 11.8. The van der Waals surface area contributed by atoms with Crippen LogP contribution in [0.15, 0.2) is 54.6 Å². The zero-order valence-electron chi connectivity index (χ0n) is 25.1. The number of nitrogens with one attached hydrogen (secondary N) is 1. The Balaban J connectivity index is 2.32. The highest BCUT2D eigenvalue weighted by atomic mass is 16.6. The number of para-hydroxylation sites is 1. The minimum absolute atomic E-state index is 0.248. The summed E-state index contributed by atoms with van der Waals surface area (Å²) in [7, 11) is 0. The van der Waals surface area contributed by atoms with E-state index >= 15 is 0 Å². The molecular formula is C32H46N2O6. The minimum atomic E-state index is -1.22. The first-order valence-electron chi connectivity index (χ1n) is 14.2. The van der Waals surface area contributed by atoms with Gasteiger partial charge in [0, 0.05) is 12.0 Å². The molecule has 0 fully saturated rings. The first-order chi connectivity index (χ1) is 18.8. The fourth-order valence-corrected chi connectivity index (χ4v) is 4.00. The van der Waals surface area contributed by atoms with Crippen LogP contribution in [-0.4, -0.2) is 40.6 Å². The van der Waals surface area contributed by atoms with Crippen LogP contribution in [0.1, 0.15) is 93.4 Å². The number of anilines is 1. The van der Waals surface area contributed by atoms with Crippen molar-refractivity contribution < 1.29 is 28.6 Å². The van der Waals surface area contributed by atoms with Crippen LogP contribution in [0.3, 0.4) is 0 Å². The molecule has 0 aromatic heterocycles. The molecule has 0 heterocycles. The van der Waals surface area contributed by atoms with Crippen LogP contribution in [0.2, 0.25) is 0 Å². The fourth-order valence-electron chi connectivity index (χ4n) is 4.00. The predicted molar refractivity (Wildman–Crippen MR) is 158 cm³/mol. The molecule has 8 heteroatoms. The zero-order valence-corrected chi connectivity index (χ0v) is 25.1. The van der Waals surface area contributed by atoms with Gasteiger partial charge < -0.3 is 14.2 Å². The second-order valence-electron chi connectivity index (χ2n) is 11.8. The van der Waals surface area contributed by atoms with Crippen LogP contribution in [-0.2, 0) is 14.2 Å². The number of ether oxygens (including phenoxy) is 3. The summed E-state index contributed by atoms with van der Waals surface area (Å²) in [5.74, 6) is 0. The van der Waals surface area contributed by atoms with Gasteiger partial charge in [0.15, 0.2) is 6.23 Å². The van der Waals surface area contributed by atoms with Crippen LogP contribution in [0.5, 0.6) is 0 Å². The quantitative estimate of drug-likeness (QED) is 0.169. The molecule has 0 aliphatic carbocycles. The lowest BCUT2D eigenvalue weighted by atomic mass is 10.0. The fraction of sp³-hybridized carbons (Fsp3) is 0.531. The number of rotatable bonds is 11. The molecular weight excluding hydrogens is 508 g/mol. The van der Waals surface area contributed by atoms with Gasteiger partial charge in [0.1, 0.15) is 11.2 Å². The summed E-state index contributed by atoms with van der Waals surface area (Å²) < 4.78 is 16.8. The van der Waals surface area contributed by atoms with E-state index in [-0.39, 0.29) is 6.42 Å². The molecule has 2 rings (SSSR count). The number of hydrogen-bond donors (Lipinski definition) is 1. The molecule has 3 amide bonds. The number of amides is 3. The van der Waals surface area contributed by atoms with Crippen molar-refractivity contribution in [1.29, 1.82) is 0 Å². The summed E-state index contributed by atoms with van der Waals surface area (Å²) in [6.45, 7) is 12.4. The van der Waals surface area contributed by atoms with E-state index in [0.29, 0.717) is 12.1 Å².